The summed E-state index contributed by atoms with van der Waals surface area (Å²) in [5, 5.41) is 10.2. The van der Waals surface area contributed by atoms with Crippen LogP contribution in [0.3, 0.4) is 0 Å². The molecule has 2 fully saturated rings. The lowest BCUT2D eigenvalue weighted by Gasteiger charge is -2.56. The number of aliphatic hydroxyl groups excluding tert-OH is 1. The molecule has 3 rings (SSSR count). The van der Waals surface area contributed by atoms with Crippen LogP contribution in [0.1, 0.15) is 31.7 Å². The number of hydrogen-bond donors (Lipinski definition) is 1. The maximum atomic E-state index is 10.2. The normalized spacial score (nSPS) is 28.5. The molecule has 1 N–H and O–H groups in total. The molecule has 3 nitrogen and oxygen atoms in total. The quantitative estimate of drug-likeness (QED) is 0.904. The van der Waals surface area contributed by atoms with Crippen LogP contribution in [0.2, 0.25) is 0 Å². The van der Waals surface area contributed by atoms with E-state index in [4.69, 9.17) is 4.74 Å². The molecule has 1 heterocycles. The highest BCUT2D eigenvalue weighted by Crippen LogP contribution is 2.50. The summed E-state index contributed by atoms with van der Waals surface area (Å²) in [6.45, 7) is 6.11. The maximum absolute atomic E-state index is 10.2. The molecule has 1 aliphatic heterocycles. The van der Waals surface area contributed by atoms with Gasteiger partial charge in [-0.3, -0.25) is 0 Å². The Morgan fingerprint density at radius 3 is 2.57 bits per heavy atom. The van der Waals surface area contributed by atoms with Crippen molar-refractivity contribution in [1.29, 1.82) is 0 Å². The predicted octanol–water partition coefficient (Wildman–Crippen LogP) is 2.48. The summed E-state index contributed by atoms with van der Waals surface area (Å²) >= 11 is 0. The summed E-state index contributed by atoms with van der Waals surface area (Å²) in [7, 11) is 0. The van der Waals surface area contributed by atoms with Crippen molar-refractivity contribution in [3.63, 3.8) is 0 Å². The molecule has 2 atom stereocenters. The number of piperidine rings is 1. The zero-order valence-corrected chi connectivity index (χ0v) is 13.0. The third kappa shape index (κ3) is 3.01. The third-order valence-electron chi connectivity index (χ3n) is 5.46. The Bertz CT molecular complexity index is 438. The summed E-state index contributed by atoms with van der Waals surface area (Å²) in [4.78, 5) is 2.53. The molecule has 1 spiro atoms. The molecular formula is C18H27NO2. The van der Waals surface area contributed by atoms with E-state index in [1.54, 1.807) is 0 Å². The molecule has 2 aliphatic rings. The van der Waals surface area contributed by atoms with Gasteiger partial charge in [-0.25, -0.2) is 0 Å². The van der Waals surface area contributed by atoms with Crippen LogP contribution in [-0.4, -0.2) is 48.5 Å². The van der Waals surface area contributed by atoms with Crippen LogP contribution in [-0.2, 0) is 11.2 Å². The second-order valence-electron chi connectivity index (χ2n) is 6.51. The van der Waals surface area contributed by atoms with Gasteiger partial charge in [0.25, 0.3) is 0 Å². The fraction of sp³-hybridized carbons (Fsp3) is 0.667. The Balaban J connectivity index is 1.49. The molecule has 3 heteroatoms. The van der Waals surface area contributed by atoms with Crippen molar-refractivity contribution in [1.82, 2.24) is 4.90 Å². The van der Waals surface area contributed by atoms with E-state index in [0.29, 0.717) is 0 Å². The van der Waals surface area contributed by atoms with Gasteiger partial charge in [0.15, 0.2) is 0 Å². The second kappa shape index (κ2) is 6.47. The Kier molecular flexibility index (Phi) is 4.63. The van der Waals surface area contributed by atoms with E-state index >= 15 is 0 Å². The predicted molar refractivity (Wildman–Crippen MR) is 84.3 cm³/mol. The number of rotatable bonds is 5. The van der Waals surface area contributed by atoms with Gasteiger partial charge in [-0.05, 0) is 44.8 Å². The van der Waals surface area contributed by atoms with Crippen molar-refractivity contribution >= 4 is 0 Å². The molecular weight excluding hydrogens is 262 g/mol. The first-order valence-corrected chi connectivity index (χ1v) is 8.30. The average molecular weight is 289 g/mol. The van der Waals surface area contributed by atoms with Crippen LogP contribution in [0.25, 0.3) is 0 Å². The highest BCUT2D eigenvalue weighted by Gasteiger charge is 2.55. The fourth-order valence-corrected chi connectivity index (χ4v) is 3.94. The Hall–Kier alpha value is -0.900. The molecule has 116 valence electrons. The number of ether oxygens (including phenoxy) is 1. The number of hydrogen-bond acceptors (Lipinski definition) is 3. The molecule has 0 aromatic heterocycles. The summed E-state index contributed by atoms with van der Waals surface area (Å²) in [6.07, 6.45) is 4.24. The first kappa shape index (κ1) is 15.0. The van der Waals surface area contributed by atoms with E-state index in [9.17, 15) is 5.11 Å². The van der Waals surface area contributed by atoms with Crippen molar-refractivity contribution in [3.8, 4) is 0 Å². The molecule has 21 heavy (non-hydrogen) atoms. The van der Waals surface area contributed by atoms with Gasteiger partial charge in [-0.1, -0.05) is 30.3 Å². The fourth-order valence-electron chi connectivity index (χ4n) is 3.94. The zero-order valence-electron chi connectivity index (χ0n) is 13.0. The van der Waals surface area contributed by atoms with Crippen molar-refractivity contribution in [2.45, 2.75) is 44.8 Å². The Morgan fingerprint density at radius 1 is 1.24 bits per heavy atom. The van der Waals surface area contributed by atoms with Crippen molar-refractivity contribution in [3.05, 3.63) is 35.9 Å². The van der Waals surface area contributed by atoms with E-state index in [1.807, 2.05) is 6.92 Å². The smallest absolute Gasteiger partial charge is 0.0681 e. The molecule has 0 amide bonds. The molecule has 2 unspecified atom stereocenters. The SMILES string of the molecule is CCOC1CC(O)C12CCN(CCc1ccccc1)CC2. The molecule has 1 aromatic carbocycles. The van der Waals surface area contributed by atoms with E-state index in [-0.39, 0.29) is 17.6 Å². The van der Waals surface area contributed by atoms with Crippen molar-refractivity contribution < 1.29 is 9.84 Å². The highest BCUT2D eigenvalue weighted by molar-refractivity contribution is 5.15. The number of aliphatic hydroxyl groups is 1. The van der Waals surface area contributed by atoms with Gasteiger partial charge in [-0.2, -0.15) is 0 Å². The van der Waals surface area contributed by atoms with Crippen LogP contribution >= 0.6 is 0 Å². The summed E-state index contributed by atoms with van der Waals surface area (Å²) in [5.41, 5.74) is 1.47. The molecule has 0 bridgehead atoms. The summed E-state index contributed by atoms with van der Waals surface area (Å²) < 4.78 is 5.83. The van der Waals surface area contributed by atoms with Crippen LogP contribution in [0, 0.1) is 5.41 Å². The largest absolute Gasteiger partial charge is 0.392 e. The lowest BCUT2D eigenvalue weighted by atomic mass is 9.58. The molecule has 1 aromatic rings. The molecule has 1 saturated carbocycles. The monoisotopic (exact) mass is 289 g/mol. The topological polar surface area (TPSA) is 32.7 Å². The zero-order chi connectivity index (χ0) is 14.7. The molecule has 1 aliphatic carbocycles. The number of likely N-dealkylation sites (tertiary alicyclic amines) is 1. The summed E-state index contributed by atoms with van der Waals surface area (Å²) in [6, 6.07) is 10.7. The van der Waals surface area contributed by atoms with Gasteiger partial charge in [0, 0.05) is 25.0 Å². The first-order chi connectivity index (χ1) is 10.2. The van der Waals surface area contributed by atoms with Crippen LogP contribution in [0.4, 0.5) is 0 Å². The van der Waals surface area contributed by atoms with E-state index in [1.165, 1.54) is 5.56 Å². The minimum atomic E-state index is -0.148. The van der Waals surface area contributed by atoms with Gasteiger partial charge in [0.2, 0.25) is 0 Å². The highest BCUT2D eigenvalue weighted by atomic mass is 16.5. The Labute approximate surface area is 127 Å². The second-order valence-corrected chi connectivity index (χ2v) is 6.51. The van der Waals surface area contributed by atoms with E-state index in [2.05, 4.69) is 35.2 Å². The van der Waals surface area contributed by atoms with Crippen LogP contribution in [0.15, 0.2) is 30.3 Å². The molecule has 1 saturated heterocycles. The lowest BCUT2D eigenvalue weighted by molar-refractivity contribution is -0.209. The number of nitrogens with zero attached hydrogens (tertiary/aromatic N) is 1. The van der Waals surface area contributed by atoms with E-state index in [0.717, 1.165) is 51.9 Å². The summed E-state index contributed by atoms with van der Waals surface area (Å²) in [5.74, 6) is 0. The van der Waals surface area contributed by atoms with Crippen molar-refractivity contribution in [2.75, 3.05) is 26.2 Å². The van der Waals surface area contributed by atoms with Crippen molar-refractivity contribution in [2.24, 2.45) is 5.41 Å². The standard InChI is InChI=1S/C18H27NO2/c1-2-21-17-14-16(20)18(17)9-12-19(13-10-18)11-8-15-6-4-3-5-7-15/h3-7,16-17,20H,2,8-14H2,1H3. The molecule has 0 radical (unpaired) electrons. The van der Waals surface area contributed by atoms with E-state index < -0.39 is 0 Å². The van der Waals surface area contributed by atoms with Gasteiger partial charge < -0.3 is 14.7 Å². The Morgan fingerprint density at radius 2 is 1.95 bits per heavy atom. The minimum Gasteiger partial charge on any atom is -0.392 e. The van der Waals surface area contributed by atoms with Gasteiger partial charge in [0.05, 0.1) is 12.2 Å². The van der Waals surface area contributed by atoms with Gasteiger partial charge >= 0.3 is 0 Å². The van der Waals surface area contributed by atoms with Crippen LogP contribution < -0.4 is 0 Å². The number of benzene rings is 1. The van der Waals surface area contributed by atoms with Crippen LogP contribution in [0.5, 0.6) is 0 Å². The minimum absolute atomic E-state index is 0.0548. The van der Waals surface area contributed by atoms with Gasteiger partial charge in [-0.15, -0.1) is 0 Å². The van der Waals surface area contributed by atoms with Gasteiger partial charge in [0.1, 0.15) is 0 Å². The average Bonchev–Trinajstić information content (AvgIpc) is 2.54. The maximum Gasteiger partial charge on any atom is 0.0681 e. The third-order valence-corrected chi connectivity index (χ3v) is 5.46. The lowest BCUT2D eigenvalue weighted by Crippen LogP contribution is -2.62. The first-order valence-electron chi connectivity index (χ1n) is 8.30.